The molecule has 1 N–H and O–H groups in total. The zero-order valence-corrected chi connectivity index (χ0v) is 19.4. The minimum Gasteiger partial charge on any atom is -0.330 e. The van der Waals surface area contributed by atoms with Crippen LogP contribution in [0.1, 0.15) is 17.3 Å². The van der Waals surface area contributed by atoms with Crippen LogP contribution in [0.25, 0.3) is 0 Å². The second kappa shape index (κ2) is 10.4. The molecule has 0 aliphatic carbocycles. The Balaban J connectivity index is 1.72. The monoisotopic (exact) mass is 487 g/mol. The maximum absolute atomic E-state index is 13.8. The van der Waals surface area contributed by atoms with E-state index in [2.05, 4.69) is 5.32 Å². The summed E-state index contributed by atoms with van der Waals surface area (Å²) in [5.41, 5.74) is 0.0539. The van der Waals surface area contributed by atoms with E-state index in [4.69, 9.17) is 0 Å². The normalized spacial score (nSPS) is 11.1. The highest BCUT2D eigenvalue weighted by Gasteiger charge is 2.23. The Labute approximate surface area is 196 Å². The van der Waals surface area contributed by atoms with Crippen LogP contribution < -0.4 is 9.62 Å². The summed E-state index contributed by atoms with van der Waals surface area (Å²) in [5, 5.41) is 2.14. The summed E-state index contributed by atoms with van der Waals surface area (Å²) in [4.78, 5) is 26.3. The number of halogens is 2. The molecular weight excluding hydrogens is 464 g/mol. The first-order chi connectivity index (χ1) is 16.1. The Bertz CT molecular complexity index is 1260. The van der Waals surface area contributed by atoms with E-state index in [1.165, 1.54) is 42.3 Å². The molecule has 0 saturated heterocycles. The van der Waals surface area contributed by atoms with Crippen molar-refractivity contribution in [1.82, 2.24) is 4.90 Å². The van der Waals surface area contributed by atoms with Crippen LogP contribution >= 0.6 is 0 Å². The summed E-state index contributed by atoms with van der Waals surface area (Å²) in [7, 11) is -2.42. The molecule has 2 amide bonds. The topological polar surface area (TPSA) is 86.8 Å². The molecule has 10 heteroatoms. The van der Waals surface area contributed by atoms with Crippen molar-refractivity contribution >= 4 is 33.2 Å². The summed E-state index contributed by atoms with van der Waals surface area (Å²) >= 11 is 0. The summed E-state index contributed by atoms with van der Waals surface area (Å²) < 4.78 is 54.5. The molecule has 0 aromatic heterocycles. The summed E-state index contributed by atoms with van der Waals surface area (Å²) in [5.74, 6) is -3.17. The van der Waals surface area contributed by atoms with Gasteiger partial charge in [0.05, 0.1) is 10.6 Å². The maximum atomic E-state index is 13.8. The molecule has 0 spiro atoms. The van der Waals surface area contributed by atoms with Crippen LogP contribution in [0.2, 0.25) is 0 Å². The number of para-hydroxylation sites is 2. The average molecular weight is 488 g/mol. The lowest BCUT2D eigenvalue weighted by Crippen LogP contribution is -2.38. The minimum absolute atomic E-state index is 0.00813. The van der Waals surface area contributed by atoms with Crippen molar-refractivity contribution in [2.75, 3.05) is 29.8 Å². The Kier molecular flexibility index (Phi) is 7.62. The van der Waals surface area contributed by atoms with E-state index in [0.29, 0.717) is 5.69 Å². The van der Waals surface area contributed by atoms with Crippen molar-refractivity contribution in [1.29, 1.82) is 0 Å². The molecule has 0 heterocycles. The first-order valence-electron chi connectivity index (χ1n) is 10.3. The van der Waals surface area contributed by atoms with Crippen molar-refractivity contribution in [3.63, 3.8) is 0 Å². The predicted octanol–water partition coefficient (Wildman–Crippen LogP) is 3.89. The molecule has 0 saturated carbocycles. The van der Waals surface area contributed by atoms with Crippen molar-refractivity contribution in [3.05, 3.63) is 90.0 Å². The van der Waals surface area contributed by atoms with Crippen LogP contribution in [-0.4, -0.2) is 45.3 Å². The highest BCUT2D eigenvalue weighted by molar-refractivity contribution is 7.92. The van der Waals surface area contributed by atoms with E-state index in [0.717, 1.165) is 16.4 Å². The molecular formula is C24H23F2N3O4S. The highest BCUT2D eigenvalue weighted by Crippen LogP contribution is 2.22. The molecule has 0 aliphatic rings. The van der Waals surface area contributed by atoms with Gasteiger partial charge in [-0.15, -0.1) is 0 Å². The van der Waals surface area contributed by atoms with Gasteiger partial charge in [0.2, 0.25) is 5.91 Å². The zero-order valence-electron chi connectivity index (χ0n) is 18.5. The van der Waals surface area contributed by atoms with Crippen LogP contribution in [0.4, 0.5) is 20.2 Å². The number of carbonyl (C=O) groups excluding carboxylic acids is 2. The molecule has 0 fully saturated rings. The second-order valence-electron chi connectivity index (χ2n) is 7.30. The third kappa shape index (κ3) is 5.40. The van der Waals surface area contributed by atoms with Gasteiger partial charge in [-0.05, 0) is 55.5 Å². The molecule has 0 atom stereocenters. The fourth-order valence-electron chi connectivity index (χ4n) is 3.18. The Hall–Kier alpha value is -3.79. The SMILES string of the molecule is CCN(CC(=O)Nc1c(F)cccc1F)C(=O)c1ccc(S(=O)(=O)N(C)c2ccccc2)cc1. The molecule has 0 bridgehead atoms. The number of nitrogens with one attached hydrogen (secondary N) is 1. The lowest BCUT2D eigenvalue weighted by Gasteiger charge is -2.21. The van der Waals surface area contributed by atoms with Crippen LogP contribution in [0.3, 0.4) is 0 Å². The van der Waals surface area contributed by atoms with Crippen LogP contribution in [0.15, 0.2) is 77.7 Å². The number of hydrogen-bond acceptors (Lipinski definition) is 4. The van der Waals surface area contributed by atoms with Gasteiger partial charge >= 0.3 is 0 Å². The van der Waals surface area contributed by atoms with Crippen LogP contribution in [0, 0.1) is 11.6 Å². The maximum Gasteiger partial charge on any atom is 0.264 e. The van der Waals surface area contributed by atoms with E-state index >= 15 is 0 Å². The fourth-order valence-corrected chi connectivity index (χ4v) is 4.38. The lowest BCUT2D eigenvalue weighted by atomic mass is 10.2. The van der Waals surface area contributed by atoms with Crippen molar-refractivity contribution < 1.29 is 26.8 Å². The molecule has 0 unspecified atom stereocenters. The third-order valence-corrected chi connectivity index (χ3v) is 6.91. The first-order valence-corrected chi connectivity index (χ1v) is 11.8. The van der Waals surface area contributed by atoms with Crippen molar-refractivity contribution in [2.45, 2.75) is 11.8 Å². The molecule has 178 valence electrons. The van der Waals surface area contributed by atoms with E-state index in [-0.39, 0.29) is 17.0 Å². The van der Waals surface area contributed by atoms with Gasteiger partial charge in [-0.1, -0.05) is 24.3 Å². The second-order valence-corrected chi connectivity index (χ2v) is 9.27. The molecule has 3 aromatic rings. The number of carbonyl (C=O) groups is 2. The van der Waals surface area contributed by atoms with Crippen LogP contribution in [-0.2, 0) is 14.8 Å². The number of likely N-dealkylation sites (N-methyl/N-ethyl adjacent to an activating group) is 1. The number of benzene rings is 3. The molecule has 3 aromatic carbocycles. The zero-order chi connectivity index (χ0) is 24.9. The van der Waals surface area contributed by atoms with Gasteiger partial charge in [0, 0.05) is 19.2 Å². The lowest BCUT2D eigenvalue weighted by molar-refractivity contribution is -0.116. The number of nitrogens with zero attached hydrogens (tertiary/aromatic N) is 2. The third-order valence-electron chi connectivity index (χ3n) is 5.11. The number of sulfonamides is 1. The van der Waals surface area contributed by atoms with Gasteiger partial charge in [0.25, 0.3) is 15.9 Å². The van der Waals surface area contributed by atoms with Crippen molar-refractivity contribution in [2.24, 2.45) is 0 Å². The van der Waals surface area contributed by atoms with Gasteiger partial charge < -0.3 is 10.2 Å². The van der Waals surface area contributed by atoms with Crippen LogP contribution in [0.5, 0.6) is 0 Å². The summed E-state index contributed by atoms with van der Waals surface area (Å²) in [6, 6.07) is 17.0. The quantitative estimate of drug-likeness (QED) is 0.522. The Morgan fingerprint density at radius 2 is 1.47 bits per heavy atom. The van der Waals surface area contributed by atoms with Gasteiger partial charge in [-0.2, -0.15) is 0 Å². The molecule has 3 rings (SSSR count). The van der Waals surface area contributed by atoms with Gasteiger partial charge in [-0.25, -0.2) is 17.2 Å². The first kappa shape index (κ1) is 24.8. The van der Waals surface area contributed by atoms with Crippen molar-refractivity contribution in [3.8, 4) is 0 Å². The van der Waals surface area contributed by atoms with E-state index in [1.54, 1.807) is 37.3 Å². The molecule has 7 nitrogen and oxygen atoms in total. The standard InChI is InChI=1S/C24H23F2N3O4S/c1-3-29(16-22(30)27-23-20(25)10-7-11-21(23)26)24(31)17-12-14-19(15-13-17)34(32,33)28(2)18-8-5-4-6-9-18/h4-15H,3,16H2,1-2H3,(H,27,30). The van der Waals surface area contributed by atoms with E-state index < -0.39 is 45.7 Å². The Morgan fingerprint density at radius 1 is 0.882 bits per heavy atom. The molecule has 0 aliphatic heterocycles. The predicted molar refractivity (Wildman–Crippen MR) is 125 cm³/mol. The average Bonchev–Trinajstić information content (AvgIpc) is 2.84. The van der Waals surface area contributed by atoms with Gasteiger partial charge in [0.15, 0.2) is 0 Å². The number of amides is 2. The largest absolute Gasteiger partial charge is 0.330 e. The highest BCUT2D eigenvalue weighted by atomic mass is 32.2. The van der Waals surface area contributed by atoms with E-state index in [9.17, 15) is 26.8 Å². The van der Waals surface area contributed by atoms with E-state index in [1.807, 2.05) is 0 Å². The summed E-state index contributed by atoms with van der Waals surface area (Å²) in [6.45, 7) is 1.34. The molecule has 0 radical (unpaired) electrons. The number of anilines is 2. The summed E-state index contributed by atoms with van der Waals surface area (Å²) in [6.07, 6.45) is 0. The number of hydrogen-bond donors (Lipinski definition) is 1. The van der Waals surface area contributed by atoms with Gasteiger partial charge in [0.1, 0.15) is 23.9 Å². The Morgan fingerprint density at radius 3 is 2.03 bits per heavy atom. The number of rotatable bonds is 8. The minimum atomic E-state index is -3.85. The molecule has 34 heavy (non-hydrogen) atoms. The van der Waals surface area contributed by atoms with Gasteiger partial charge in [-0.3, -0.25) is 13.9 Å². The fraction of sp³-hybridized carbons (Fsp3) is 0.167. The smallest absolute Gasteiger partial charge is 0.264 e.